The highest BCUT2D eigenvalue weighted by Gasteiger charge is 1.95. The molecule has 0 spiro atoms. The minimum Gasteiger partial charge on any atom is -0.398 e. The van der Waals surface area contributed by atoms with Gasteiger partial charge in [-0.05, 0) is 40.0 Å². The number of nitrogens with two attached hydrogens (primary N) is 1. The summed E-state index contributed by atoms with van der Waals surface area (Å²) in [5.41, 5.74) is 7.85. The Kier molecular flexibility index (Phi) is 2.94. The quantitative estimate of drug-likeness (QED) is 0.752. The van der Waals surface area contributed by atoms with Crippen molar-refractivity contribution in [1.82, 2.24) is 0 Å². The van der Waals surface area contributed by atoms with Crippen LogP contribution < -0.4 is 5.73 Å². The van der Waals surface area contributed by atoms with Gasteiger partial charge in [-0.15, -0.1) is 0 Å². The Balaban J connectivity index is 2.86. The number of aryl methyl sites for hydroxylation is 1. The molecule has 1 nitrogen and oxygen atoms in total. The highest BCUT2D eigenvalue weighted by atomic mass is 79.9. The van der Waals surface area contributed by atoms with Gasteiger partial charge in [-0.1, -0.05) is 19.4 Å². The van der Waals surface area contributed by atoms with Crippen LogP contribution in [0.2, 0.25) is 0 Å². The average molecular weight is 214 g/mol. The number of halogens is 1. The van der Waals surface area contributed by atoms with Gasteiger partial charge in [0, 0.05) is 10.2 Å². The number of nitrogen functional groups attached to an aromatic ring is 1. The van der Waals surface area contributed by atoms with Crippen LogP contribution in [0.15, 0.2) is 22.7 Å². The fourth-order valence-corrected chi connectivity index (χ4v) is 1.28. The van der Waals surface area contributed by atoms with E-state index in [2.05, 4.69) is 28.9 Å². The zero-order valence-electron chi connectivity index (χ0n) is 6.60. The van der Waals surface area contributed by atoms with Crippen molar-refractivity contribution in [2.75, 3.05) is 5.73 Å². The van der Waals surface area contributed by atoms with Crippen molar-refractivity contribution in [3.05, 3.63) is 28.2 Å². The normalized spacial score (nSPS) is 10.0. The van der Waals surface area contributed by atoms with Gasteiger partial charge in [-0.2, -0.15) is 0 Å². The van der Waals surface area contributed by atoms with Gasteiger partial charge in [0.05, 0.1) is 0 Å². The molecular formula is C9H12BrN. The van der Waals surface area contributed by atoms with Crippen molar-refractivity contribution < 1.29 is 0 Å². The Morgan fingerprint density at radius 2 is 2.18 bits per heavy atom. The topological polar surface area (TPSA) is 26.0 Å². The molecule has 1 aromatic carbocycles. The molecule has 0 aliphatic carbocycles. The fourth-order valence-electron chi connectivity index (χ4n) is 1.04. The minimum absolute atomic E-state index is 0.830. The lowest BCUT2D eigenvalue weighted by atomic mass is 10.1. The highest BCUT2D eigenvalue weighted by molar-refractivity contribution is 9.10. The summed E-state index contributed by atoms with van der Waals surface area (Å²) >= 11 is 3.36. The van der Waals surface area contributed by atoms with Crippen LogP contribution in [0.4, 0.5) is 5.69 Å². The van der Waals surface area contributed by atoms with Crippen LogP contribution in [0.25, 0.3) is 0 Å². The minimum atomic E-state index is 0.830. The predicted octanol–water partition coefficient (Wildman–Crippen LogP) is 2.98. The van der Waals surface area contributed by atoms with E-state index in [4.69, 9.17) is 5.73 Å². The third-order valence-electron chi connectivity index (χ3n) is 1.60. The SMILES string of the molecule is CCCc1ccc(Br)c(N)c1. The average Bonchev–Trinajstić information content (AvgIpc) is 1.98. The molecular weight excluding hydrogens is 202 g/mol. The number of hydrogen-bond donors (Lipinski definition) is 1. The maximum Gasteiger partial charge on any atom is 0.0461 e. The van der Waals surface area contributed by atoms with E-state index in [1.54, 1.807) is 0 Å². The molecule has 0 amide bonds. The van der Waals surface area contributed by atoms with Crippen LogP contribution in [-0.2, 0) is 6.42 Å². The van der Waals surface area contributed by atoms with Gasteiger partial charge in [0.15, 0.2) is 0 Å². The maximum atomic E-state index is 5.70. The lowest BCUT2D eigenvalue weighted by molar-refractivity contribution is 0.922. The second kappa shape index (κ2) is 3.77. The number of rotatable bonds is 2. The monoisotopic (exact) mass is 213 g/mol. The Morgan fingerprint density at radius 1 is 1.45 bits per heavy atom. The van der Waals surface area contributed by atoms with Crippen molar-refractivity contribution >= 4 is 21.6 Å². The van der Waals surface area contributed by atoms with Gasteiger partial charge in [0.1, 0.15) is 0 Å². The molecule has 2 N–H and O–H groups in total. The van der Waals surface area contributed by atoms with Crippen molar-refractivity contribution in [2.45, 2.75) is 19.8 Å². The molecule has 0 heterocycles. The van der Waals surface area contributed by atoms with E-state index in [9.17, 15) is 0 Å². The lowest BCUT2D eigenvalue weighted by Crippen LogP contribution is -1.89. The van der Waals surface area contributed by atoms with Gasteiger partial charge < -0.3 is 5.73 Å². The summed E-state index contributed by atoms with van der Waals surface area (Å²) in [6.45, 7) is 2.16. The third-order valence-corrected chi connectivity index (χ3v) is 2.32. The van der Waals surface area contributed by atoms with Crippen LogP contribution in [0.5, 0.6) is 0 Å². The number of anilines is 1. The Morgan fingerprint density at radius 3 is 2.73 bits per heavy atom. The maximum absolute atomic E-state index is 5.70. The molecule has 0 bridgehead atoms. The molecule has 0 saturated heterocycles. The van der Waals surface area contributed by atoms with Crippen molar-refractivity contribution in [2.24, 2.45) is 0 Å². The first-order valence-corrected chi connectivity index (χ1v) is 4.57. The number of hydrogen-bond acceptors (Lipinski definition) is 1. The summed E-state index contributed by atoms with van der Waals surface area (Å²) in [7, 11) is 0. The van der Waals surface area contributed by atoms with Gasteiger partial charge in [0.2, 0.25) is 0 Å². The molecule has 0 atom stereocenters. The molecule has 0 aliphatic rings. The van der Waals surface area contributed by atoms with E-state index in [-0.39, 0.29) is 0 Å². The van der Waals surface area contributed by atoms with Gasteiger partial charge in [-0.3, -0.25) is 0 Å². The molecule has 60 valence electrons. The number of benzene rings is 1. The standard InChI is InChI=1S/C9H12BrN/c1-2-3-7-4-5-8(10)9(11)6-7/h4-6H,2-3,11H2,1H3. The first-order valence-electron chi connectivity index (χ1n) is 3.78. The van der Waals surface area contributed by atoms with E-state index in [1.807, 2.05) is 12.1 Å². The molecule has 1 aromatic rings. The van der Waals surface area contributed by atoms with Crippen LogP contribution in [0.1, 0.15) is 18.9 Å². The Bertz CT molecular complexity index is 245. The molecule has 0 unspecified atom stereocenters. The van der Waals surface area contributed by atoms with E-state index < -0.39 is 0 Å². The van der Waals surface area contributed by atoms with Crippen LogP contribution in [-0.4, -0.2) is 0 Å². The first kappa shape index (κ1) is 8.60. The predicted molar refractivity (Wildman–Crippen MR) is 52.5 cm³/mol. The van der Waals surface area contributed by atoms with E-state index in [0.717, 1.165) is 16.6 Å². The van der Waals surface area contributed by atoms with E-state index >= 15 is 0 Å². The second-order valence-corrected chi connectivity index (χ2v) is 3.46. The van der Waals surface area contributed by atoms with Crippen molar-refractivity contribution in [3.8, 4) is 0 Å². The summed E-state index contributed by atoms with van der Waals surface area (Å²) in [5, 5.41) is 0. The molecule has 0 aliphatic heterocycles. The van der Waals surface area contributed by atoms with Crippen molar-refractivity contribution in [3.63, 3.8) is 0 Å². The fraction of sp³-hybridized carbons (Fsp3) is 0.333. The van der Waals surface area contributed by atoms with Crippen LogP contribution >= 0.6 is 15.9 Å². The summed E-state index contributed by atoms with van der Waals surface area (Å²) in [4.78, 5) is 0. The zero-order chi connectivity index (χ0) is 8.27. The zero-order valence-corrected chi connectivity index (χ0v) is 8.19. The first-order chi connectivity index (χ1) is 5.24. The largest absolute Gasteiger partial charge is 0.398 e. The smallest absolute Gasteiger partial charge is 0.0461 e. The molecule has 0 aromatic heterocycles. The van der Waals surface area contributed by atoms with Gasteiger partial charge >= 0.3 is 0 Å². The van der Waals surface area contributed by atoms with Crippen LogP contribution in [0, 0.1) is 0 Å². The Labute approximate surface area is 75.7 Å². The molecule has 11 heavy (non-hydrogen) atoms. The third kappa shape index (κ3) is 2.22. The van der Waals surface area contributed by atoms with E-state index in [1.165, 1.54) is 12.0 Å². The molecule has 0 fully saturated rings. The molecule has 0 saturated carbocycles. The van der Waals surface area contributed by atoms with Crippen LogP contribution in [0.3, 0.4) is 0 Å². The summed E-state index contributed by atoms with van der Waals surface area (Å²) < 4.78 is 0.984. The van der Waals surface area contributed by atoms with Crippen molar-refractivity contribution in [1.29, 1.82) is 0 Å². The molecule has 2 heteroatoms. The summed E-state index contributed by atoms with van der Waals surface area (Å²) in [6, 6.07) is 6.12. The summed E-state index contributed by atoms with van der Waals surface area (Å²) in [5.74, 6) is 0. The molecule has 1 rings (SSSR count). The van der Waals surface area contributed by atoms with Gasteiger partial charge in [-0.25, -0.2) is 0 Å². The Hall–Kier alpha value is -0.500. The van der Waals surface area contributed by atoms with Gasteiger partial charge in [0.25, 0.3) is 0 Å². The second-order valence-electron chi connectivity index (χ2n) is 2.61. The summed E-state index contributed by atoms with van der Waals surface area (Å²) in [6.07, 6.45) is 2.28. The highest BCUT2D eigenvalue weighted by Crippen LogP contribution is 2.20. The molecule has 0 radical (unpaired) electrons. The van der Waals surface area contributed by atoms with E-state index in [0.29, 0.717) is 0 Å². The lowest BCUT2D eigenvalue weighted by Gasteiger charge is -2.01.